The van der Waals surface area contributed by atoms with Gasteiger partial charge in [-0.05, 0) is 51.6 Å². The maximum absolute atomic E-state index is 12.3. The Hall–Kier alpha value is -0.260. The van der Waals surface area contributed by atoms with E-state index in [0.29, 0.717) is 12.5 Å². The highest BCUT2D eigenvalue weighted by Crippen LogP contribution is 2.33. The molecule has 1 saturated heterocycles. The van der Waals surface area contributed by atoms with Gasteiger partial charge in [0.2, 0.25) is 5.91 Å². The summed E-state index contributed by atoms with van der Waals surface area (Å²) in [6.45, 7) is 1.42. The van der Waals surface area contributed by atoms with E-state index in [1.807, 2.05) is 11.8 Å². The molecule has 0 radical (unpaired) electrons. The smallest absolute Gasteiger partial charge is 0.223 e. The van der Waals surface area contributed by atoms with Crippen molar-refractivity contribution in [2.75, 3.05) is 38.7 Å². The van der Waals surface area contributed by atoms with Gasteiger partial charge in [-0.1, -0.05) is 6.42 Å². The highest BCUT2D eigenvalue weighted by atomic mass is 32.2. The second-order valence-corrected chi connectivity index (χ2v) is 7.28. The highest BCUT2D eigenvalue weighted by molar-refractivity contribution is 7.99. The minimum Gasteiger partial charge on any atom is -0.354 e. The minimum absolute atomic E-state index is 0.150. The lowest BCUT2D eigenvalue weighted by Crippen LogP contribution is -2.54. The fourth-order valence-corrected chi connectivity index (χ4v) is 4.85. The van der Waals surface area contributed by atoms with Crippen LogP contribution in [0.5, 0.6) is 0 Å². The van der Waals surface area contributed by atoms with Crippen LogP contribution < -0.4 is 11.1 Å². The van der Waals surface area contributed by atoms with Crippen molar-refractivity contribution >= 4 is 17.7 Å². The Morgan fingerprint density at radius 2 is 2.26 bits per heavy atom. The fourth-order valence-electron chi connectivity index (χ4n) is 3.29. The number of hydrogen-bond donors (Lipinski definition) is 2. The summed E-state index contributed by atoms with van der Waals surface area (Å²) < 4.78 is 0. The van der Waals surface area contributed by atoms with Crippen LogP contribution in [0.15, 0.2) is 0 Å². The van der Waals surface area contributed by atoms with Crippen LogP contribution >= 0.6 is 11.8 Å². The zero-order chi connectivity index (χ0) is 13.9. The maximum atomic E-state index is 12.3. The standard InChI is InChI=1S/C14H27N3OS/c1-17(2)14(6-7-19-10-14)9-16-13(18)12-5-3-4-11(12)8-15/h11-12H,3-10,15H2,1-2H3,(H,16,18)/t11-,12-,14?/m1/s1. The molecule has 1 heterocycles. The van der Waals surface area contributed by atoms with Crippen LogP contribution in [-0.2, 0) is 4.79 Å². The molecule has 1 saturated carbocycles. The summed E-state index contributed by atoms with van der Waals surface area (Å²) in [6.07, 6.45) is 4.44. The van der Waals surface area contributed by atoms with E-state index in [9.17, 15) is 4.79 Å². The Kier molecular flexibility index (Phi) is 5.15. The van der Waals surface area contributed by atoms with E-state index < -0.39 is 0 Å². The number of carbonyl (C=O) groups is 1. The molecule has 0 bridgehead atoms. The third kappa shape index (κ3) is 3.26. The molecule has 19 heavy (non-hydrogen) atoms. The number of likely N-dealkylation sites (N-methyl/N-ethyl adjacent to an activating group) is 1. The van der Waals surface area contributed by atoms with E-state index in [-0.39, 0.29) is 17.4 Å². The zero-order valence-electron chi connectivity index (χ0n) is 12.2. The first kappa shape index (κ1) is 15.1. The minimum atomic E-state index is 0.150. The molecule has 0 aromatic carbocycles. The normalized spacial score (nSPS) is 34.9. The van der Waals surface area contributed by atoms with Crippen LogP contribution in [-0.4, -0.2) is 55.0 Å². The molecule has 0 aromatic rings. The number of carbonyl (C=O) groups excluding carboxylic acids is 1. The summed E-state index contributed by atoms with van der Waals surface area (Å²) in [6, 6.07) is 0. The molecule has 2 fully saturated rings. The van der Waals surface area contributed by atoms with E-state index in [0.717, 1.165) is 38.0 Å². The van der Waals surface area contributed by atoms with Crippen LogP contribution in [0.2, 0.25) is 0 Å². The van der Waals surface area contributed by atoms with E-state index in [2.05, 4.69) is 24.3 Å². The van der Waals surface area contributed by atoms with Crippen LogP contribution in [0.1, 0.15) is 25.7 Å². The Labute approximate surface area is 120 Å². The fraction of sp³-hybridized carbons (Fsp3) is 0.929. The summed E-state index contributed by atoms with van der Waals surface area (Å²) in [5.74, 6) is 3.09. The molecule has 3 N–H and O–H groups in total. The summed E-state index contributed by atoms with van der Waals surface area (Å²) >= 11 is 1.99. The van der Waals surface area contributed by atoms with Gasteiger partial charge < -0.3 is 16.0 Å². The maximum Gasteiger partial charge on any atom is 0.223 e. The van der Waals surface area contributed by atoms with Crippen molar-refractivity contribution in [1.82, 2.24) is 10.2 Å². The predicted molar refractivity (Wildman–Crippen MR) is 81.3 cm³/mol. The molecule has 2 aliphatic rings. The molecular weight excluding hydrogens is 258 g/mol. The lowest BCUT2D eigenvalue weighted by molar-refractivity contribution is -0.126. The molecule has 0 spiro atoms. The predicted octanol–water partition coefficient (Wildman–Crippen LogP) is 0.915. The molecular formula is C14H27N3OS. The van der Waals surface area contributed by atoms with Crippen molar-refractivity contribution in [3.63, 3.8) is 0 Å². The molecule has 1 aliphatic heterocycles. The first-order valence-electron chi connectivity index (χ1n) is 7.32. The summed E-state index contributed by atoms with van der Waals surface area (Å²) in [5, 5.41) is 3.20. The van der Waals surface area contributed by atoms with Crippen LogP contribution in [0.4, 0.5) is 0 Å². The molecule has 1 unspecified atom stereocenters. The van der Waals surface area contributed by atoms with E-state index in [1.54, 1.807) is 0 Å². The SMILES string of the molecule is CN(C)C1(CNC(=O)[C@@H]2CCC[C@@H]2CN)CCSC1. The van der Waals surface area contributed by atoms with Gasteiger partial charge in [0.25, 0.3) is 0 Å². The molecule has 5 heteroatoms. The summed E-state index contributed by atoms with van der Waals surface area (Å²) in [5.41, 5.74) is 5.91. The monoisotopic (exact) mass is 285 g/mol. The lowest BCUT2D eigenvalue weighted by atomic mass is 9.93. The van der Waals surface area contributed by atoms with Gasteiger partial charge in [-0.2, -0.15) is 11.8 Å². The van der Waals surface area contributed by atoms with Crippen molar-refractivity contribution in [3.8, 4) is 0 Å². The van der Waals surface area contributed by atoms with Crippen molar-refractivity contribution < 1.29 is 4.79 Å². The van der Waals surface area contributed by atoms with Crippen LogP contribution in [0.3, 0.4) is 0 Å². The number of thioether (sulfide) groups is 1. The Balaban J connectivity index is 1.89. The van der Waals surface area contributed by atoms with Crippen molar-refractivity contribution in [2.24, 2.45) is 17.6 Å². The average molecular weight is 285 g/mol. The van der Waals surface area contributed by atoms with E-state index >= 15 is 0 Å². The summed E-state index contributed by atoms with van der Waals surface area (Å²) in [7, 11) is 4.24. The summed E-state index contributed by atoms with van der Waals surface area (Å²) in [4.78, 5) is 14.6. The molecule has 1 aliphatic carbocycles. The van der Waals surface area contributed by atoms with Gasteiger partial charge in [-0.3, -0.25) is 4.79 Å². The largest absolute Gasteiger partial charge is 0.354 e. The van der Waals surface area contributed by atoms with Crippen LogP contribution in [0.25, 0.3) is 0 Å². The zero-order valence-corrected chi connectivity index (χ0v) is 13.0. The van der Waals surface area contributed by atoms with Gasteiger partial charge in [0, 0.05) is 23.8 Å². The second kappa shape index (κ2) is 6.46. The Morgan fingerprint density at radius 1 is 1.47 bits per heavy atom. The molecule has 110 valence electrons. The number of nitrogens with two attached hydrogens (primary N) is 1. The number of rotatable bonds is 5. The highest BCUT2D eigenvalue weighted by Gasteiger charge is 2.38. The number of hydrogen-bond acceptors (Lipinski definition) is 4. The van der Waals surface area contributed by atoms with Crippen molar-refractivity contribution in [1.29, 1.82) is 0 Å². The molecule has 3 atom stereocenters. The van der Waals surface area contributed by atoms with Gasteiger partial charge in [-0.15, -0.1) is 0 Å². The van der Waals surface area contributed by atoms with Gasteiger partial charge in [0.15, 0.2) is 0 Å². The Bertz CT molecular complexity index is 316. The van der Waals surface area contributed by atoms with Gasteiger partial charge >= 0.3 is 0 Å². The molecule has 1 amide bonds. The van der Waals surface area contributed by atoms with Crippen molar-refractivity contribution in [3.05, 3.63) is 0 Å². The Morgan fingerprint density at radius 3 is 2.84 bits per heavy atom. The number of amides is 1. The average Bonchev–Trinajstić information content (AvgIpc) is 3.05. The number of nitrogens with one attached hydrogen (secondary N) is 1. The molecule has 4 nitrogen and oxygen atoms in total. The van der Waals surface area contributed by atoms with Gasteiger partial charge in [0.05, 0.1) is 0 Å². The van der Waals surface area contributed by atoms with Gasteiger partial charge in [0.1, 0.15) is 0 Å². The van der Waals surface area contributed by atoms with Crippen LogP contribution in [0, 0.1) is 11.8 Å². The second-order valence-electron chi connectivity index (χ2n) is 6.17. The topological polar surface area (TPSA) is 58.4 Å². The van der Waals surface area contributed by atoms with E-state index in [1.165, 1.54) is 5.75 Å². The third-order valence-electron chi connectivity index (χ3n) is 4.92. The van der Waals surface area contributed by atoms with E-state index in [4.69, 9.17) is 5.73 Å². The molecule has 2 rings (SSSR count). The number of nitrogens with zero attached hydrogens (tertiary/aromatic N) is 1. The van der Waals surface area contributed by atoms with Gasteiger partial charge in [-0.25, -0.2) is 0 Å². The third-order valence-corrected chi connectivity index (χ3v) is 6.16. The first-order valence-corrected chi connectivity index (χ1v) is 8.47. The van der Waals surface area contributed by atoms with Crippen molar-refractivity contribution in [2.45, 2.75) is 31.2 Å². The first-order chi connectivity index (χ1) is 9.09. The lowest BCUT2D eigenvalue weighted by Gasteiger charge is -2.36. The quantitative estimate of drug-likeness (QED) is 0.788. The molecule has 0 aromatic heterocycles.